The minimum Gasteiger partial charge on any atom is -0.481 e. The van der Waals surface area contributed by atoms with Gasteiger partial charge in [-0.15, -0.1) is 0 Å². The molecular formula is C13H18N2O3. The molecule has 0 saturated heterocycles. The van der Waals surface area contributed by atoms with Crippen LogP contribution in [0.3, 0.4) is 0 Å². The molecule has 0 aliphatic carbocycles. The van der Waals surface area contributed by atoms with Gasteiger partial charge in [-0.2, -0.15) is 0 Å². The fourth-order valence-electron chi connectivity index (χ4n) is 1.43. The maximum Gasteiger partial charge on any atom is 0.319 e. The van der Waals surface area contributed by atoms with E-state index in [2.05, 4.69) is 10.6 Å². The number of hydrogen-bond donors (Lipinski definition) is 3. The van der Waals surface area contributed by atoms with E-state index in [1.807, 2.05) is 13.8 Å². The molecule has 0 spiro atoms. The predicted octanol–water partition coefficient (Wildman–Crippen LogP) is 2.23. The van der Waals surface area contributed by atoms with E-state index in [0.717, 1.165) is 6.42 Å². The first-order valence-electron chi connectivity index (χ1n) is 5.89. The molecule has 1 aromatic carbocycles. The molecule has 0 aliphatic heterocycles. The molecule has 1 rings (SSSR count). The Hall–Kier alpha value is -2.04. The van der Waals surface area contributed by atoms with Crippen molar-refractivity contribution in [1.29, 1.82) is 0 Å². The lowest BCUT2D eigenvalue weighted by Gasteiger charge is -2.12. The number of benzene rings is 1. The molecule has 0 saturated carbocycles. The quantitative estimate of drug-likeness (QED) is 0.749. The number of carbonyl (C=O) groups is 2. The average molecular weight is 250 g/mol. The summed E-state index contributed by atoms with van der Waals surface area (Å²) in [5.41, 5.74) is 1.25. The first-order chi connectivity index (χ1) is 8.51. The molecule has 1 atom stereocenters. The minimum atomic E-state index is -0.892. The summed E-state index contributed by atoms with van der Waals surface area (Å²) in [6.45, 7) is 3.90. The third-order valence-electron chi connectivity index (χ3n) is 2.53. The Kier molecular flexibility index (Phi) is 5.17. The standard InChI is InChI=1S/C13H18N2O3/c1-3-9(2)14-13(18)15-11-6-4-5-10(7-11)8-12(16)17/h4-7,9H,3,8H2,1-2H3,(H,16,17)(H2,14,15,18). The monoisotopic (exact) mass is 250 g/mol. The second-order valence-corrected chi connectivity index (χ2v) is 4.18. The maximum atomic E-state index is 11.6. The average Bonchev–Trinajstić information content (AvgIpc) is 2.28. The lowest BCUT2D eigenvalue weighted by atomic mass is 10.1. The molecule has 3 N–H and O–H groups in total. The van der Waals surface area contributed by atoms with Crippen molar-refractivity contribution in [2.24, 2.45) is 0 Å². The Morgan fingerprint density at radius 2 is 2.11 bits per heavy atom. The van der Waals surface area contributed by atoms with Gasteiger partial charge >= 0.3 is 12.0 Å². The fourth-order valence-corrected chi connectivity index (χ4v) is 1.43. The summed E-state index contributed by atoms with van der Waals surface area (Å²) in [6, 6.07) is 6.64. The molecule has 2 amide bonds. The highest BCUT2D eigenvalue weighted by molar-refractivity contribution is 5.89. The molecule has 18 heavy (non-hydrogen) atoms. The Labute approximate surface area is 106 Å². The van der Waals surface area contributed by atoms with Crippen LogP contribution in [0.25, 0.3) is 0 Å². The second-order valence-electron chi connectivity index (χ2n) is 4.18. The van der Waals surface area contributed by atoms with Crippen molar-refractivity contribution in [3.8, 4) is 0 Å². The van der Waals surface area contributed by atoms with Crippen molar-refractivity contribution in [2.75, 3.05) is 5.32 Å². The summed E-state index contributed by atoms with van der Waals surface area (Å²) < 4.78 is 0. The molecule has 98 valence electrons. The van der Waals surface area contributed by atoms with Crippen molar-refractivity contribution in [3.63, 3.8) is 0 Å². The smallest absolute Gasteiger partial charge is 0.319 e. The van der Waals surface area contributed by atoms with Gasteiger partial charge in [0.05, 0.1) is 6.42 Å². The van der Waals surface area contributed by atoms with Crippen molar-refractivity contribution in [3.05, 3.63) is 29.8 Å². The van der Waals surface area contributed by atoms with E-state index in [9.17, 15) is 9.59 Å². The molecule has 1 aromatic rings. The van der Waals surface area contributed by atoms with Crippen LogP contribution in [0.15, 0.2) is 24.3 Å². The van der Waals surface area contributed by atoms with Crippen LogP contribution < -0.4 is 10.6 Å². The van der Waals surface area contributed by atoms with Crippen molar-refractivity contribution < 1.29 is 14.7 Å². The van der Waals surface area contributed by atoms with Crippen molar-refractivity contribution in [1.82, 2.24) is 5.32 Å². The van der Waals surface area contributed by atoms with Crippen molar-refractivity contribution in [2.45, 2.75) is 32.7 Å². The lowest BCUT2D eigenvalue weighted by Crippen LogP contribution is -2.35. The van der Waals surface area contributed by atoms with Gasteiger partial charge in [0, 0.05) is 11.7 Å². The summed E-state index contributed by atoms with van der Waals surface area (Å²) >= 11 is 0. The third kappa shape index (κ3) is 4.86. The van der Waals surface area contributed by atoms with Gasteiger partial charge < -0.3 is 15.7 Å². The van der Waals surface area contributed by atoms with Gasteiger partial charge in [0.25, 0.3) is 0 Å². The van der Waals surface area contributed by atoms with Gasteiger partial charge in [-0.25, -0.2) is 4.79 Å². The molecule has 0 heterocycles. The van der Waals surface area contributed by atoms with E-state index in [-0.39, 0.29) is 18.5 Å². The van der Waals surface area contributed by atoms with Gasteiger partial charge in [-0.05, 0) is 31.0 Å². The molecular weight excluding hydrogens is 232 g/mol. The Bertz CT molecular complexity index is 432. The Balaban J connectivity index is 2.61. The number of carboxylic acids is 1. The first kappa shape index (κ1) is 14.0. The topological polar surface area (TPSA) is 78.4 Å². The molecule has 0 bridgehead atoms. The molecule has 5 heteroatoms. The zero-order valence-electron chi connectivity index (χ0n) is 10.6. The number of anilines is 1. The number of amides is 2. The highest BCUT2D eigenvalue weighted by Gasteiger charge is 2.06. The van der Waals surface area contributed by atoms with E-state index in [0.29, 0.717) is 11.3 Å². The molecule has 0 fully saturated rings. The molecule has 0 aromatic heterocycles. The van der Waals surface area contributed by atoms with Gasteiger partial charge in [0.2, 0.25) is 0 Å². The summed E-state index contributed by atoms with van der Waals surface area (Å²) in [7, 11) is 0. The second kappa shape index (κ2) is 6.64. The first-order valence-corrected chi connectivity index (χ1v) is 5.89. The normalized spacial score (nSPS) is 11.7. The zero-order chi connectivity index (χ0) is 13.5. The van der Waals surface area contributed by atoms with Crippen LogP contribution in [-0.2, 0) is 11.2 Å². The third-order valence-corrected chi connectivity index (χ3v) is 2.53. The predicted molar refractivity (Wildman–Crippen MR) is 69.7 cm³/mol. The number of rotatable bonds is 5. The van der Waals surface area contributed by atoms with E-state index in [1.165, 1.54) is 0 Å². The van der Waals surface area contributed by atoms with Crippen molar-refractivity contribution >= 4 is 17.7 Å². The van der Waals surface area contributed by atoms with Crippen LogP contribution in [0.4, 0.5) is 10.5 Å². The van der Waals surface area contributed by atoms with E-state index >= 15 is 0 Å². The number of hydrogen-bond acceptors (Lipinski definition) is 2. The van der Waals surface area contributed by atoms with Gasteiger partial charge in [0.1, 0.15) is 0 Å². The Morgan fingerprint density at radius 1 is 1.39 bits per heavy atom. The van der Waals surface area contributed by atoms with E-state index in [1.54, 1.807) is 24.3 Å². The zero-order valence-corrected chi connectivity index (χ0v) is 10.6. The highest BCUT2D eigenvalue weighted by atomic mass is 16.4. The van der Waals surface area contributed by atoms with Gasteiger partial charge in [0.15, 0.2) is 0 Å². The lowest BCUT2D eigenvalue weighted by molar-refractivity contribution is -0.136. The van der Waals surface area contributed by atoms with Crippen LogP contribution in [0, 0.1) is 0 Å². The molecule has 5 nitrogen and oxygen atoms in total. The van der Waals surface area contributed by atoms with Crippen LogP contribution in [0.2, 0.25) is 0 Å². The van der Waals surface area contributed by atoms with Gasteiger partial charge in [-0.3, -0.25) is 4.79 Å². The van der Waals surface area contributed by atoms with Gasteiger partial charge in [-0.1, -0.05) is 19.1 Å². The van der Waals surface area contributed by atoms with E-state index < -0.39 is 5.97 Å². The number of nitrogens with one attached hydrogen (secondary N) is 2. The van der Waals surface area contributed by atoms with Crippen LogP contribution in [-0.4, -0.2) is 23.1 Å². The largest absolute Gasteiger partial charge is 0.481 e. The summed E-state index contributed by atoms with van der Waals surface area (Å²) in [4.78, 5) is 22.2. The SMILES string of the molecule is CCC(C)NC(=O)Nc1cccc(CC(=O)O)c1. The summed E-state index contributed by atoms with van der Waals surface area (Å²) in [6.07, 6.45) is 0.801. The van der Waals surface area contributed by atoms with Crippen LogP contribution in [0.5, 0.6) is 0 Å². The highest BCUT2D eigenvalue weighted by Crippen LogP contribution is 2.11. The maximum absolute atomic E-state index is 11.6. The molecule has 1 unspecified atom stereocenters. The summed E-state index contributed by atoms with van der Waals surface area (Å²) in [5, 5.41) is 14.1. The number of urea groups is 1. The molecule has 0 radical (unpaired) electrons. The van der Waals surface area contributed by atoms with Crippen LogP contribution >= 0.6 is 0 Å². The number of aliphatic carboxylic acids is 1. The summed E-state index contributed by atoms with van der Waals surface area (Å²) in [5.74, 6) is -0.892. The van der Waals surface area contributed by atoms with E-state index in [4.69, 9.17) is 5.11 Å². The molecule has 0 aliphatic rings. The number of carbonyl (C=O) groups excluding carboxylic acids is 1. The fraction of sp³-hybridized carbons (Fsp3) is 0.385. The number of carboxylic acid groups (broad SMARTS) is 1. The Morgan fingerprint density at radius 3 is 2.72 bits per heavy atom. The van der Waals surface area contributed by atoms with Crippen LogP contribution in [0.1, 0.15) is 25.8 Å². The minimum absolute atomic E-state index is 0.0531.